The van der Waals surface area contributed by atoms with Crippen LogP contribution in [0.4, 0.5) is 0 Å². The molecule has 1 rings (SSSR count). The van der Waals surface area contributed by atoms with Crippen molar-refractivity contribution in [2.45, 2.75) is 65.8 Å². The molecule has 0 aliphatic carbocycles. The van der Waals surface area contributed by atoms with E-state index in [2.05, 4.69) is 48.2 Å². The molecule has 1 heterocycles. The third kappa shape index (κ3) is 5.11. The van der Waals surface area contributed by atoms with Crippen LogP contribution in [0.1, 0.15) is 60.2 Å². The van der Waals surface area contributed by atoms with E-state index < -0.39 is 11.4 Å². The van der Waals surface area contributed by atoms with Crippen LogP contribution in [0.5, 0.6) is 0 Å². The molecule has 0 bridgehead atoms. The average molecular weight is 299 g/mol. The highest BCUT2D eigenvalue weighted by atomic mass is 32.2. The molecule has 0 amide bonds. The molecule has 4 nitrogen and oxygen atoms in total. The lowest BCUT2D eigenvalue weighted by molar-refractivity contribution is 0.444. The van der Waals surface area contributed by atoms with Gasteiger partial charge in [-0.15, -0.1) is 4.72 Å². The lowest BCUT2D eigenvalue weighted by Crippen LogP contribution is -2.42. The summed E-state index contributed by atoms with van der Waals surface area (Å²) < 4.78 is 17.4. The first-order valence-electron chi connectivity index (χ1n) is 7.31. The smallest absolute Gasteiger partial charge is 0.136 e. The van der Waals surface area contributed by atoms with Crippen LogP contribution in [-0.2, 0) is 17.9 Å². The molecule has 116 valence electrons. The van der Waals surface area contributed by atoms with E-state index in [1.54, 1.807) is 0 Å². The van der Waals surface area contributed by atoms with Crippen LogP contribution in [0.2, 0.25) is 0 Å². The van der Waals surface area contributed by atoms with Gasteiger partial charge in [0.05, 0.1) is 18.1 Å². The van der Waals surface area contributed by atoms with E-state index in [1.165, 1.54) is 0 Å². The van der Waals surface area contributed by atoms with Gasteiger partial charge in [0.1, 0.15) is 4.75 Å². The molecular weight excluding hydrogens is 270 g/mol. The molecule has 1 aromatic rings. The van der Waals surface area contributed by atoms with E-state index in [1.807, 2.05) is 27.1 Å². The summed E-state index contributed by atoms with van der Waals surface area (Å²) in [5.74, 6) is 0.926. The fraction of sp³-hybridized carbons (Fsp3) is 0.800. The maximum atomic E-state index is 12.3. The molecule has 0 radical (unpaired) electrons. The molecule has 1 aromatic heterocycles. The van der Waals surface area contributed by atoms with Crippen molar-refractivity contribution < 1.29 is 4.55 Å². The number of nitrogens with zero attached hydrogens (tertiary/aromatic N) is 2. The van der Waals surface area contributed by atoms with Crippen LogP contribution in [0.3, 0.4) is 0 Å². The zero-order valence-electron chi connectivity index (χ0n) is 13.8. The highest BCUT2D eigenvalue weighted by Gasteiger charge is 2.31. The van der Waals surface area contributed by atoms with E-state index in [4.69, 9.17) is 0 Å². The quantitative estimate of drug-likeness (QED) is 0.820. The van der Waals surface area contributed by atoms with Crippen LogP contribution in [0.25, 0.3) is 0 Å². The molecule has 0 aliphatic heterocycles. The number of hydrogen-bond donors (Lipinski definition) is 1. The summed E-state index contributed by atoms with van der Waals surface area (Å²) in [6.07, 6.45) is 3.93. The first kappa shape index (κ1) is 17.5. The molecule has 1 unspecified atom stereocenters. The van der Waals surface area contributed by atoms with Gasteiger partial charge in [-0.3, -0.25) is 0 Å². The molecule has 0 saturated heterocycles. The standard InChI is InChI=1S/C15H29N3OS/c1-11(2)8-18-9-13(16-10-18)14(12(3)4)17-20(19)15(5,6)7/h9-12,14,17H,8H2,1-7H3/t14?,20-/m0/s1. The fourth-order valence-corrected chi connectivity index (χ4v) is 2.87. The molecule has 2 atom stereocenters. The summed E-state index contributed by atoms with van der Waals surface area (Å²) in [7, 11) is 0. The predicted molar refractivity (Wildman–Crippen MR) is 85.7 cm³/mol. The predicted octanol–water partition coefficient (Wildman–Crippen LogP) is 3.29. The van der Waals surface area contributed by atoms with Crippen LogP contribution in [-0.4, -0.2) is 18.9 Å². The molecule has 5 heteroatoms. The summed E-state index contributed by atoms with van der Waals surface area (Å²) in [6, 6.07) is 0.0171. The van der Waals surface area contributed by atoms with Crippen LogP contribution in [0, 0.1) is 11.8 Å². The summed E-state index contributed by atoms with van der Waals surface area (Å²) in [5.41, 5.74) is 0.971. The van der Waals surface area contributed by atoms with Crippen LogP contribution >= 0.6 is 0 Å². The van der Waals surface area contributed by atoms with Crippen LogP contribution in [0.15, 0.2) is 12.5 Å². The molecule has 0 spiro atoms. The Morgan fingerprint density at radius 3 is 2.35 bits per heavy atom. The molecule has 0 aromatic carbocycles. The Kier molecular flexibility index (Phi) is 6.10. The molecule has 0 saturated carbocycles. The second kappa shape index (κ2) is 6.96. The number of aromatic nitrogens is 2. The van der Waals surface area contributed by atoms with E-state index in [0.717, 1.165) is 12.2 Å². The minimum atomic E-state index is -1.09. The number of rotatable bonds is 6. The topological polar surface area (TPSA) is 52.9 Å². The van der Waals surface area contributed by atoms with Gasteiger partial charge in [-0.1, -0.05) is 27.7 Å². The van der Waals surface area contributed by atoms with Gasteiger partial charge in [0.25, 0.3) is 0 Å². The Morgan fingerprint density at radius 1 is 1.30 bits per heavy atom. The Morgan fingerprint density at radius 2 is 1.90 bits per heavy atom. The van der Waals surface area contributed by atoms with Gasteiger partial charge in [0.2, 0.25) is 0 Å². The van der Waals surface area contributed by atoms with Crippen molar-refractivity contribution in [2.75, 3.05) is 0 Å². The first-order valence-corrected chi connectivity index (χ1v) is 8.46. The van der Waals surface area contributed by atoms with E-state index in [0.29, 0.717) is 11.8 Å². The van der Waals surface area contributed by atoms with E-state index >= 15 is 0 Å². The van der Waals surface area contributed by atoms with Crippen molar-refractivity contribution in [1.29, 1.82) is 0 Å². The number of imidazole rings is 1. The Hall–Kier alpha value is -0.520. The minimum Gasteiger partial charge on any atom is -0.598 e. The van der Waals surface area contributed by atoms with E-state index in [9.17, 15) is 4.55 Å². The third-order valence-electron chi connectivity index (χ3n) is 3.00. The van der Waals surface area contributed by atoms with Crippen molar-refractivity contribution in [3.63, 3.8) is 0 Å². The van der Waals surface area contributed by atoms with Gasteiger partial charge in [-0.25, -0.2) is 4.98 Å². The number of hydrogen-bond acceptors (Lipinski definition) is 3. The Labute approximate surface area is 126 Å². The SMILES string of the molecule is CC(C)Cn1cnc(C(N[S@@+]([O-])C(C)(C)C)C(C)C)c1. The van der Waals surface area contributed by atoms with Gasteiger partial charge in [0.15, 0.2) is 0 Å². The minimum absolute atomic E-state index is 0.0171. The normalized spacial score (nSPS) is 15.9. The molecule has 1 N–H and O–H groups in total. The largest absolute Gasteiger partial charge is 0.598 e. The lowest BCUT2D eigenvalue weighted by atomic mass is 10.0. The highest BCUT2D eigenvalue weighted by molar-refractivity contribution is 7.90. The lowest BCUT2D eigenvalue weighted by Gasteiger charge is -2.28. The number of nitrogens with one attached hydrogen (secondary N) is 1. The van der Waals surface area contributed by atoms with Crippen LogP contribution < -0.4 is 4.72 Å². The van der Waals surface area contributed by atoms with Crippen molar-refractivity contribution in [3.05, 3.63) is 18.2 Å². The second-order valence-electron chi connectivity index (χ2n) is 7.11. The molecule has 20 heavy (non-hydrogen) atoms. The van der Waals surface area contributed by atoms with Crippen molar-refractivity contribution in [2.24, 2.45) is 11.8 Å². The third-order valence-corrected chi connectivity index (χ3v) is 4.59. The Balaban J connectivity index is 2.83. The highest BCUT2D eigenvalue weighted by Crippen LogP contribution is 2.24. The first-order chi connectivity index (χ1) is 9.11. The molecule has 0 fully saturated rings. The van der Waals surface area contributed by atoms with Crippen molar-refractivity contribution >= 4 is 11.4 Å². The second-order valence-corrected chi connectivity index (χ2v) is 9.11. The Bertz CT molecular complexity index is 409. The van der Waals surface area contributed by atoms with Gasteiger partial charge in [0, 0.05) is 24.1 Å². The van der Waals surface area contributed by atoms with Gasteiger partial charge < -0.3 is 9.12 Å². The van der Waals surface area contributed by atoms with Gasteiger partial charge >= 0.3 is 0 Å². The maximum Gasteiger partial charge on any atom is 0.136 e. The average Bonchev–Trinajstić information content (AvgIpc) is 2.70. The molecule has 0 aliphatic rings. The van der Waals surface area contributed by atoms with Crippen molar-refractivity contribution in [3.8, 4) is 0 Å². The summed E-state index contributed by atoms with van der Waals surface area (Å²) in [6.45, 7) is 15.5. The fourth-order valence-electron chi connectivity index (χ4n) is 1.89. The van der Waals surface area contributed by atoms with Crippen molar-refractivity contribution in [1.82, 2.24) is 14.3 Å². The van der Waals surface area contributed by atoms with Gasteiger partial charge in [-0.05, 0) is 32.6 Å². The summed E-state index contributed by atoms with van der Waals surface area (Å²) >= 11 is -1.09. The monoisotopic (exact) mass is 299 g/mol. The molecular formula is C15H29N3OS. The maximum absolute atomic E-state index is 12.3. The zero-order valence-corrected chi connectivity index (χ0v) is 14.6. The summed E-state index contributed by atoms with van der Waals surface area (Å²) in [5, 5.41) is 0. The van der Waals surface area contributed by atoms with E-state index in [-0.39, 0.29) is 10.8 Å². The zero-order chi connectivity index (χ0) is 15.5. The summed E-state index contributed by atoms with van der Waals surface area (Å²) in [4.78, 5) is 4.49. The van der Waals surface area contributed by atoms with Gasteiger partial charge in [-0.2, -0.15) is 0 Å².